The molecule has 0 fully saturated rings. The van der Waals surface area contributed by atoms with Gasteiger partial charge in [0.1, 0.15) is 5.75 Å². The van der Waals surface area contributed by atoms with Gasteiger partial charge in [0.2, 0.25) is 0 Å². The third-order valence-electron chi connectivity index (χ3n) is 3.54. The predicted octanol–water partition coefficient (Wildman–Crippen LogP) is 3.81. The molecule has 1 aliphatic heterocycles. The van der Waals surface area contributed by atoms with Gasteiger partial charge in [0, 0.05) is 17.7 Å². The van der Waals surface area contributed by atoms with E-state index in [-0.39, 0.29) is 6.04 Å². The van der Waals surface area contributed by atoms with Gasteiger partial charge in [0.25, 0.3) is 0 Å². The van der Waals surface area contributed by atoms with Crippen LogP contribution in [-0.4, -0.2) is 11.7 Å². The summed E-state index contributed by atoms with van der Waals surface area (Å²) in [4.78, 5) is 0. The minimum absolute atomic E-state index is 0.194. The highest BCUT2D eigenvalue weighted by molar-refractivity contribution is 7.80. The second-order valence-electron chi connectivity index (χ2n) is 5.20. The molecule has 0 saturated heterocycles. The first kappa shape index (κ1) is 13.9. The molecule has 2 aromatic rings. The fourth-order valence-electron chi connectivity index (χ4n) is 2.54. The van der Waals surface area contributed by atoms with Gasteiger partial charge in [-0.3, -0.25) is 0 Å². The highest BCUT2D eigenvalue weighted by atomic mass is 32.1. The summed E-state index contributed by atoms with van der Waals surface area (Å²) in [6, 6.07) is 16.5. The molecule has 1 aliphatic rings. The third-order valence-corrected chi connectivity index (χ3v) is 3.76. The molecule has 0 radical (unpaired) electrons. The lowest BCUT2D eigenvalue weighted by molar-refractivity contribution is 0.262. The monoisotopic (exact) mass is 298 g/mol. The Balaban J connectivity index is 1.68. The van der Waals surface area contributed by atoms with Crippen molar-refractivity contribution in [3.05, 3.63) is 59.7 Å². The molecule has 0 aliphatic carbocycles. The van der Waals surface area contributed by atoms with E-state index in [2.05, 4.69) is 35.8 Å². The quantitative estimate of drug-likeness (QED) is 0.826. The third kappa shape index (κ3) is 3.34. The van der Waals surface area contributed by atoms with Crippen LogP contribution < -0.4 is 15.4 Å². The molecular weight excluding hydrogens is 280 g/mol. The maximum absolute atomic E-state index is 5.67. The molecule has 0 aromatic heterocycles. The average Bonchev–Trinajstić information content (AvgIpc) is 2.47. The number of thiocarbonyl (C=S) groups is 1. The van der Waals surface area contributed by atoms with Crippen molar-refractivity contribution in [3.63, 3.8) is 0 Å². The number of para-hydroxylation sites is 1. The molecule has 4 heteroatoms. The number of nitrogens with one attached hydrogen (secondary N) is 2. The Bertz CT molecular complexity index is 657. The molecule has 0 bridgehead atoms. The van der Waals surface area contributed by atoms with Crippen molar-refractivity contribution in [1.29, 1.82) is 0 Å². The first-order valence-electron chi connectivity index (χ1n) is 7.08. The van der Waals surface area contributed by atoms with Gasteiger partial charge in [-0.15, -0.1) is 0 Å². The zero-order valence-corrected chi connectivity index (χ0v) is 12.7. The van der Waals surface area contributed by atoms with Crippen LogP contribution in [0.5, 0.6) is 5.75 Å². The summed E-state index contributed by atoms with van der Waals surface area (Å²) < 4.78 is 5.67. The largest absolute Gasteiger partial charge is 0.493 e. The van der Waals surface area contributed by atoms with Gasteiger partial charge in [-0.1, -0.05) is 30.3 Å². The van der Waals surface area contributed by atoms with Crippen LogP contribution in [0.1, 0.15) is 23.6 Å². The lowest BCUT2D eigenvalue weighted by Gasteiger charge is -2.27. The van der Waals surface area contributed by atoms with Crippen LogP contribution in [-0.2, 0) is 0 Å². The number of benzene rings is 2. The maximum atomic E-state index is 5.67. The Hall–Kier alpha value is -2.07. The summed E-state index contributed by atoms with van der Waals surface area (Å²) >= 11 is 5.43. The van der Waals surface area contributed by atoms with Crippen LogP contribution in [0.15, 0.2) is 48.5 Å². The van der Waals surface area contributed by atoms with Crippen LogP contribution in [0.25, 0.3) is 0 Å². The fourth-order valence-corrected chi connectivity index (χ4v) is 2.80. The van der Waals surface area contributed by atoms with E-state index >= 15 is 0 Å². The molecule has 2 N–H and O–H groups in total. The second kappa shape index (κ2) is 6.14. The average molecular weight is 298 g/mol. The number of ether oxygens (including phenoxy) is 1. The number of aryl methyl sites for hydroxylation is 1. The van der Waals surface area contributed by atoms with Crippen molar-refractivity contribution < 1.29 is 4.74 Å². The topological polar surface area (TPSA) is 33.3 Å². The summed E-state index contributed by atoms with van der Waals surface area (Å²) in [7, 11) is 0. The van der Waals surface area contributed by atoms with Crippen molar-refractivity contribution >= 4 is 23.0 Å². The van der Waals surface area contributed by atoms with Crippen molar-refractivity contribution in [1.82, 2.24) is 5.32 Å². The molecule has 2 aromatic carbocycles. The molecule has 21 heavy (non-hydrogen) atoms. The standard InChI is InChI=1S/C17H18N2OS/c1-12-5-4-6-13(11-12)18-17(21)19-15-9-10-20-16-8-3-2-7-14(15)16/h2-8,11,15H,9-10H2,1H3,(H2,18,19,21)/t15-/m0/s1. The van der Waals surface area contributed by atoms with E-state index < -0.39 is 0 Å². The van der Waals surface area contributed by atoms with Gasteiger partial charge < -0.3 is 15.4 Å². The molecule has 0 amide bonds. The Morgan fingerprint density at radius 1 is 1.19 bits per heavy atom. The Kier molecular flexibility index (Phi) is 4.06. The lowest BCUT2D eigenvalue weighted by atomic mass is 10.0. The van der Waals surface area contributed by atoms with Crippen molar-refractivity contribution in [2.75, 3.05) is 11.9 Å². The zero-order valence-electron chi connectivity index (χ0n) is 11.9. The molecule has 1 heterocycles. The summed E-state index contributed by atoms with van der Waals surface area (Å²) in [5, 5.41) is 7.26. The molecular formula is C17H18N2OS. The number of rotatable bonds is 2. The minimum Gasteiger partial charge on any atom is -0.493 e. The van der Waals surface area contributed by atoms with Gasteiger partial charge in [-0.2, -0.15) is 0 Å². The molecule has 1 atom stereocenters. The van der Waals surface area contributed by atoms with E-state index in [1.807, 2.05) is 30.3 Å². The van der Waals surface area contributed by atoms with Gasteiger partial charge in [0.15, 0.2) is 5.11 Å². The van der Waals surface area contributed by atoms with Crippen LogP contribution in [0, 0.1) is 6.92 Å². The van der Waals surface area contributed by atoms with E-state index in [0.717, 1.165) is 23.4 Å². The molecule has 0 spiro atoms. The van der Waals surface area contributed by atoms with Gasteiger partial charge >= 0.3 is 0 Å². The van der Waals surface area contributed by atoms with E-state index in [1.54, 1.807) is 0 Å². The minimum atomic E-state index is 0.194. The Labute approximate surface area is 130 Å². The molecule has 3 nitrogen and oxygen atoms in total. The van der Waals surface area contributed by atoms with Crippen LogP contribution >= 0.6 is 12.2 Å². The molecule has 0 saturated carbocycles. The summed E-state index contributed by atoms with van der Waals surface area (Å²) in [5.74, 6) is 0.944. The van der Waals surface area contributed by atoms with E-state index in [9.17, 15) is 0 Å². The van der Waals surface area contributed by atoms with Gasteiger partial charge in [0.05, 0.1) is 12.6 Å². The molecule has 108 valence electrons. The van der Waals surface area contributed by atoms with Crippen LogP contribution in [0.4, 0.5) is 5.69 Å². The summed E-state index contributed by atoms with van der Waals surface area (Å²) in [6.07, 6.45) is 0.909. The van der Waals surface area contributed by atoms with Crippen molar-refractivity contribution in [2.45, 2.75) is 19.4 Å². The fraction of sp³-hybridized carbons (Fsp3) is 0.235. The number of hydrogen-bond donors (Lipinski definition) is 2. The number of anilines is 1. The Morgan fingerprint density at radius 2 is 2.05 bits per heavy atom. The van der Waals surface area contributed by atoms with E-state index in [0.29, 0.717) is 11.7 Å². The number of hydrogen-bond acceptors (Lipinski definition) is 2. The van der Waals surface area contributed by atoms with Crippen molar-refractivity contribution in [2.24, 2.45) is 0 Å². The molecule has 3 rings (SSSR count). The number of fused-ring (bicyclic) bond motifs is 1. The maximum Gasteiger partial charge on any atom is 0.171 e. The van der Waals surface area contributed by atoms with Crippen LogP contribution in [0.3, 0.4) is 0 Å². The summed E-state index contributed by atoms with van der Waals surface area (Å²) in [5.41, 5.74) is 3.38. The first-order chi connectivity index (χ1) is 10.2. The normalized spacial score (nSPS) is 16.5. The first-order valence-corrected chi connectivity index (χ1v) is 7.49. The smallest absolute Gasteiger partial charge is 0.171 e. The molecule has 0 unspecified atom stereocenters. The zero-order chi connectivity index (χ0) is 14.7. The van der Waals surface area contributed by atoms with E-state index in [4.69, 9.17) is 17.0 Å². The van der Waals surface area contributed by atoms with Gasteiger partial charge in [-0.05, 0) is 42.9 Å². The highest BCUT2D eigenvalue weighted by Gasteiger charge is 2.21. The Morgan fingerprint density at radius 3 is 2.90 bits per heavy atom. The lowest BCUT2D eigenvalue weighted by Crippen LogP contribution is -2.35. The highest BCUT2D eigenvalue weighted by Crippen LogP contribution is 2.31. The second-order valence-corrected chi connectivity index (χ2v) is 5.60. The van der Waals surface area contributed by atoms with Gasteiger partial charge in [-0.25, -0.2) is 0 Å². The predicted molar refractivity (Wildman–Crippen MR) is 89.8 cm³/mol. The van der Waals surface area contributed by atoms with Crippen LogP contribution in [0.2, 0.25) is 0 Å². The summed E-state index contributed by atoms with van der Waals surface area (Å²) in [6.45, 7) is 2.78. The van der Waals surface area contributed by atoms with Crippen molar-refractivity contribution in [3.8, 4) is 5.75 Å². The SMILES string of the molecule is Cc1cccc(NC(=S)N[C@H]2CCOc3ccccc32)c1. The van der Waals surface area contributed by atoms with E-state index in [1.165, 1.54) is 5.56 Å².